The van der Waals surface area contributed by atoms with Gasteiger partial charge in [0.15, 0.2) is 0 Å². The topological polar surface area (TPSA) is 96.4 Å². The van der Waals surface area contributed by atoms with Crippen molar-refractivity contribution in [3.05, 3.63) is 66.8 Å². The van der Waals surface area contributed by atoms with E-state index in [4.69, 9.17) is 9.47 Å². The zero-order valence-electron chi connectivity index (χ0n) is 21.4. The molecule has 2 aromatic rings. The molecular formula is C30H32N2O6. The van der Waals surface area contributed by atoms with Gasteiger partial charge >= 0.3 is 5.97 Å². The van der Waals surface area contributed by atoms with Crippen LogP contribution in [0, 0.1) is 11.8 Å². The normalized spacial score (nSPS) is 32.5. The Morgan fingerprint density at radius 2 is 1.79 bits per heavy atom. The SMILES string of the molecule is C[C@]12C=CCCOC(=O)[C@H]1[C@H]1C(=O)N(CCCCO)C3C(=O)N(c4ccc5ccccc5c4)CC=C[C@@]31O2. The standard InChI is InChI=1S/C30H32N2O6/c1-29-13-4-7-18-37-28(36)24(29)23-26(34)32(15-5-6-17-33)25-27(35)31(16-8-14-30(23,25)38-29)22-12-11-20-9-2-3-10-21(20)19-22/h2-4,8-14,19,23-25,33H,5-7,15-18H2,1H3/t23-,24+,25?,29-,30-/m0/s1. The second-order valence-electron chi connectivity index (χ2n) is 10.7. The minimum absolute atomic E-state index is 0.00729. The number of aliphatic hydroxyl groups excluding tert-OH is 1. The molecule has 0 aliphatic carbocycles. The van der Waals surface area contributed by atoms with Gasteiger partial charge in [-0.05, 0) is 49.1 Å². The molecule has 2 fully saturated rings. The minimum Gasteiger partial charge on any atom is -0.465 e. The Balaban J connectivity index is 1.46. The fourth-order valence-corrected chi connectivity index (χ4v) is 6.70. The van der Waals surface area contributed by atoms with Crippen molar-refractivity contribution < 1.29 is 29.0 Å². The van der Waals surface area contributed by atoms with Gasteiger partial charge in [0.2, 0.25) is 5.91 Å². The molecular weight excluding hydrogens is 484 g/mol. The second-order valence-corrected chi connectivity index (χ2v) is 10.7. The predicted octanol–water partition coefficient (Wildman–Crippen LogP) is 2.99. The van der Waals surface area contributed by atoms with Gasteiger partial charge in [-0.1, -0.05) is 54.6 Å². The van der Waals surface area contributed by atoms with E-state index in [0.29, 0.717) is 25.8 Å². The Morgan fingerprint density at radius 1 is 0.974 bits per heavy atom. The first-order chi connectivity index (χ1) is 18.4. The molecule has 8 nitrogen and oxygen atoms in total. The van der Waals surface area contributed by atoms with E-state index in [9.17, 15) is 19.5 Å². The number of cyclic esters (lactones) is 1. The highest BCUT2D eigenvalue weighted by Crippen LogP contribution is 2.57. The molecule has 0 radical (unpaired) electrons. The summed E-state index contributed by atoms with van der Waals surface area (Å²) >= 11 is 0. The number of anilines is 1. The molecule has 0 aromatic heterocycles. The van der Waals surface area contributed by atoms with Crippen LogP contribution >= 0.6 is 0 Å². The maximum Gasteiger partial charge on any atom is 0.313 e. The number of hydrogen-bond acceptors (Lipinski definition) is 6. The first kappa shape index (κ1) is 24.8. The average Bonchev–Trinajstić information content (AvgIpc) is 3.22. The number of benzene rings is 2. The number of carbonyl (C=O) groups is 3. The van der Waals surface area contributed by atoms with Crippen molar-refractivity contribution in [2.75, 3.05) is 31.2 Å². The Labute approximate surface area is 221 Å². The van der Waals surface area contributed by atoms with Crippen LogP contribution in [0.15, 0.2) is 66.8 Å². The average molecular weight is 517 g/mol. The number of unbranched alkanes of at least 4 members (excludes halogenated alkanes) is 1. The van der Waals surface area contributed by atoms with E-state index in [2.05, 4.69) is 0 Å². The van der Waals surface area contributed by atoms with E-state index >= 15 is 0 Å². The first-order valence-corrected chi connectivity index (χ1v) is 13.3. The third-order valence-electron chi connectivity index (χ3n) is 8.37. The molecule has 2 saturated heterocycles. The predicted molar refractivity (Wildman–Crippen MR) is 141 cm³/mol. The van der Waals surface area contributed by atoms with Gasteiger partial charge in [0.1, 0.15) is 17.6 Å². The maximum absolute atomic E-state index is 14.4. The smallest absolute Gasteiger partial charge is 0.313 e. The molecule has 0 bridgehead atoms. The highest BCUT2D eigenvalue weighted by atomic mass is 16.6. The molecule has 2 aromatic carbocycles. The summed E-state index contributed by atoms with van der Waals surface area (Å²) in [5, 5.41) is 11.5. The lowest BCUT2D eigenvalue weighted by Gasteiger charge is -2.37. The van der Waals surface area contributed by atoms with E-state index in [1.165, 1.54) is 0 Å². The van der Waals surface area contributed by atoms with Crippen LogP contribution in [0.3, 0.4) is 0 Å². The molecule has 198 valence electrons. The summed E-state index contributed by atoms with van der Waals surface area (Å²) in [5.41, 5.74) is -1.67. The van der Waals surface area contributed by atoms with E-state index in [0.717, 1.165) is 16.5 Å². The molecule has 4 heterocycles. The summed E-state index contributed by atoms with van der Waals surface area (Å²) in [6.07, 6.45) is 9.07. The zero-order valence-corrected chi connectivity index (χ0v) is 21.4. The molecule has 8 heteroatoms. The van der Waals surface area contributed by atoms with Crippen LogP contribution < -0.4 is 4.90 Å². The lowest BCUT2D eigenvalue weighted by molar-refractivity contribution is -0.159. The highest BCUT2D eigenvalue weighted by Gasteiger charge is 2.74. The molecule has 38 heavy (non-hydrogen) atoms. The van der Waals surface area contributed by atoms with Crippen molar-refractivity contribution in [1.29, 1.82) is 0 Å². The number of ether oxygens (including phenoxy) is 2. The molecule has 4 aliphatic heterocycles. The number of fused-ring (bicyclic) bond motifs is 3. The van der Waals surface area contributed by atoms with Crippen molar-refractivity contribution in [1.82, 2.24) is 4.90 Å². The summed E-state index contributed by atoms with van der Waals surface area (Å²) in [5.74, 6) is -2.77. The Bertz CT molecular complexity index is 1350. The molecule has 2 amide bonds. The van der Waals surface area contributed by atoms with Crippen LogP contribution in [0.25, 0.3) is 10.8 Å². The summed E-state index contributed by atoms with van der Waals surface area (Å²) in [7, 11) is 0. The summed E-state index contributed by atoms with van der Waals surface area (Å²) in [6.45, 7) is 2.63. The van der Waals surface area contributed by atoms with Gasteiger partial charge in [-0.2, -0.15) is 0 Å². The van der Waals surface area contributed by atoms with Crippen molar-refractivity contribution in [3.8, 4) is 0 Å². The van der Waals surface area contributed by atoms with Crippen LogP contribution in [0.2, 0.25) is 0 Å². The van der Waals surface area contributed by atoms with Crippen molar-refractivity contribution in [2.24, 2.45) is 11.8 Å². The van der Waals surface area contributed by atoms with Gasteiger partial charge in [-0.25, -0.2) is 0 Å². The summed E-state index contributed by atoms with van der Waals surface area (Å²) in [6, 6.07) is 12.9. The van der Waals surface area contributed by atoms with Crippen molar-refractivity contribution >= 4 is 34.2 Å². The fraction of sp³-hybridized carbons (Fsp3) is 0.433. The van der Waals surface area contributed by atoms with Gasteiger partial charge in [0.25, 0.3) is 5.91 Å². The first-order valence-electron chi connectivity index (χ1n) is 13.3. The molecule has 4 aliphatic rings. The lowest BCUT2D eigenvalue weighted by atomic mass is 9.74. The van der Waals surface area contributed by atoms with E-state index in [-0.39, 0.29) is 31.6 Å². The van der Waals surface area contributed by atoms with E-state index in [1.807, 2.05) is 66.8 Å². The number of carbonyl (C=O) groups excluding carboxylic acids is 3. The number of nitrogens with zero attached hydrogens (tertiary/aromatic N) is 2. The third kappa shape index (κ3) is 3.69. The maximum atomic E-state index is 14.4. The fourth-order valence-electron chi connectivity index (χ4n) is 6.70. The summed E-state index contributed by atoms with van der Waals surface area (Å²) in [4.78, 5) is 45.1. The van der Waals surface area contributed by atoms with Crippen LogP contribution in [0.1, 0.15) is 26.2 Å². The molecule has 1 unspecified atom stereocenters. The molecule has 5 atom stereocenters. The quantitative estimate of drug-likeness (QED) is 0.373. The van der Waals surface area contributed by atoms with Crippen LogP contribution in [-0.4, -0.2) is 71.3 Å². The number of amides is 2. The Hall–Kier alpha value is -3.49. The monoisotopic (exact) mass is 516 g/mol. The highest BCUT2D eigenvalue weighted by molar-refractivity contribution is 6.06. The summed E-state index contributed by atoms with van der Waals surface area (Å²) < 4.78 is 12.3. The third-order valence-corrected chi connectivity index (χ3v) is 8.37. The van der Waals surface area contributed by atoms with Gasteiger partial charge in [0.05, 0.1) is 18.1 Å². The Kier molecular flexibility index (Phi) is 6.12. The van der Waals surface area contributed by atoms with Crippen LogP contribution in [-0.2, 0) is 23.9 Å². The number of likely N-dealkylation sites (tertiary alicyclic amines) is 1. The van der Waals surface area contributed by atoms with Crippen molar-refractivity contribution in [3.63, 3.8) is 0 Å². The van der Waals surface area contributed by atoms with E-state index in [1.54, 1.807) is 16.7 Å². The van der Waals surface area contributed by atoms with Crippen molar-refractivity contribution in [2.45, 2.75) is 43.4 Å². The molecule has 1 spiro atoms. The van der Waals surface area contributed by atoms with E-state index < -0.39 is 35.0 Å². The lowest BCUT2D eigenvalue weighted by Crippen LogP contribution is -2.56. The number of hydrogen-bond donors (Lipinski definition) is 1. The van der Waals surface area contributed by atoms with Crippen LogP contribution in [0.5, 0.6) is 0 Å². The van der Waals surface area contributed by atoms with Gasteiger partial charge < -0.3 is 24.4 Å². The largest absolute Gasteiger partial charge is 0.465 e. The van der Waals surface area contributed by atoms with Gasteiger partial charge in [0, 0.05) is 25.4 Å². The zero-order chi connectivity index (χ0) is 26.5. The van der Waals surface area contributed by atoms with Gasteiger partial charge in [-0.15, -0.1) is 0 Å². The Morgan fingerprint density at radius 3 is 2.61 bits per heavy atom. The second kappa shape index (κ2) is 9.36. The minimum atomic E-state index is -1.31. The molecule has 6 rings (SSSR count). The number of rotatable bonds is 5. The van der Waals surface area contributed by atoms with Crippen LogP contribution in [0.4, 0.5) is 5.69 Å². The van der Waals surface area contributed by atoms with Gasteiger partial charge in [-0.3, -0.25) is 14.4 Å². The number of esters is 1. The molecule has 1 N–H and O–H groups in total. The number of aliphatic hydroxyl groups is 1. The molecule has 0 saturated carbocycles.